The molecule has 3 aromatic rings. The normalized spacial score (nSPS) is 12.2. The van der Waals surface area contributed by atoms with Crippen LogP contribution in [0.15, 0.2) is 77.7 Å². The van der Waals surface area contributed by atoms with E-state index in [2.05, 4.69) is 5.32 Å². The van der Waals surface area contributed by atoms with Gasteiger partial charge >= 0.3 is 0 Å². The van der Waals surface area contributed by atoms with E-state index in [0.717, 1.165) is 21.0 Å². The van der Waals surface area contributed by atoms with Crippen LogP contribution in [0.1, 0.15) is 29.5 Å². The van der Waals surface area contributed by atoms with Crippen molar-refractivity contribution in [1.29, 1.82) is 0 Å². The molecule has 3 rings (SSSR count). The van der Waals surface area contributed by atoms with E-state index in [-0.39, 0.29) is 23.3 Å². The average Bonchev–Trinajstić information content (AvgIpc) is 2.78. The topological polar surface area (TPSA) is 66.5 Å². The number of benzene rings is 3. The van der Waals surface area contributed by atoms with E-state index >= 15 is 0 Å². The van der Waals surface area contributed by atoms with E-state index in [1.807, 2.05) is 51.1 Å². The number of rotatable bonds is 8. The summed E-state index contributed by atoms with van der Waals surface area (Å²) in [5.74, 6) is -0.295. The molecule has 1 N–H and O–H groups in total. The molecule has 0 heterocycles. The van der Waals surface area contributed by atoms with E-state index in [9.17, 15) is 13.2 Å². The molecule has 1 amide bonds. The zero-order valence-electron chi connectivity index (χ0n) is 18.4. The van der Waals surface area contributed by atoms with Gasteiger partial charge in [-0.3, -0.25) is 9.10 Å². The summed E-state index contributed by atoms with van der Waals surface area (Å²) in [5.41, 5.74) is 3.21. The number of aryl methyl sites for hydroxylation is 2. The lowest BCUT2D eigenvalue weighted by atomic mass is 10.0. The third-order valence-electron chi connectivity index (χ3n) is 5.31. The van der Waals surface area contributed by atoms with Crippen LogP contribution in [0.5, 0.6) is 0 Å². The summed E-state index contributed by atoms with van der Waals surface area (Å²) in [5, 5.41) is 3.30. The fourth-order valence-corrected chi connectivity index (χ4v) is 4.83. The van der Waals surface area contributed by atoms with Crippen molar-refractivity contribution >= 4 is 33.2 Å². The largest absolute Gasteiger partial charge is 0.354 e. The second kappa shape index (κ2) is 10.2. The quantitative estimate of drug-likeness (QED) is 0.499. The Labute approximate surface area is 195 Å². The van der Waals surface area contributed by atoms with Crippen molar-refractivity contribution in [3.05, 3.63) is 94.5 Å². The van der Waals surface area contributed by atoms with Gasteiger partial charge in [-0.1, -0.05) is 72.6 Å². The van der Waals surface area contributed by atoms with Gasteiger partial charge in [0, 0.05) is 11.6 Å². The number of halogens is 1. The molecule has 3 aromatic carbocycles. The van der Waals surface area contributed by atoms with Gasteiger partial charge in [-0.2, -0.15) is 0 Å². The average molecular weight is 471 g/mol. The minimum absolute atomic E-state index is 0.0936. The lowest BCUT2D eigenvalue weighted by Crippen LogP contribution is -2.41. The van der Waals surface area contributed by atoms with Crippen molar-refractivity contribution in [1.82, 2.24) is 5.32 Å². The van der Waals surface area contributed by atoms with Gasteiger partial charge in [0.1, 0.15) is 6.54 Å². The Morgan fingerprint density at radius 2 is 1.66 bits per heavy atom. The Morgan fingerprint density at radius 1 is 1.00 bits per heavy atom. The highest BCUT2D eigenvalue weighted by molar-refractivity contribution is 7.92. The molecule has 1 atom stereocenters. The summed E-state index contributed by atoms with van der Waals surface area (Å²) in [6, 6.07) is 21.4. The van der Waals surface area contributed by atoms with E-state index in [0.29, 0.717) is 17.3 Å². The van der Waals surface area contributed by atoms with Gasteiger partial charge in [-0.25, -0.2) is 8.42 Å². The second-order valence-corrected chi connectivity index (χ2v) is 10.1. The van der Waals surface area contributed by atoms with Gasteiger partial charge in [0.15, 0.2) is 0 Å². The SMILES string of the molecule is Cc1ccc(S(=O)(=O)N(CC(=O)NC[C@H](C)c2ccccc2)c2ccc(C)c(Cl)c2)cc1. The maximum atomic E-state index is 13.4. The van der Waals surface area contributed by atoms with Crippen LogP contribution in [0.2, 0.25) is 5.02 Å². The molecule has 0 spiro atoms. The van der Waals surface area contributed by atoms with Crippen LogP contribution in [0.25, 0.3) is 0 Å². The molecule has 0 aliphatic carbocycles. The third-order valence-corrected chi connectivity index (χ3v) is 7.51. The standard InChI is InChI=1S/C25H27ClN2O3S/c1-18-9-13-23(14-10-18)32(30,31)28(22-12-11-19(2)24(26)15-22)17-25(29)27-16-20(3)21-7-5-4-6-8-21/h4-15,20H,16-17H2,1-3H3,(H,27,29)/t20-/m0/s1. The highest BCUT2D eigenvalue weighted by Gasteiger charge is 2.27. The van der Waals surface area contributed by atoms with Crippen LogP contribution in [0, 0.1) is 13.8 Å². The third kappa shape index (κ3) is 5.69. The lowest BCUT2D eigenvalue weighted by Gasteiger charge is -2.25. The number of carbonyl (C=O) groups excluding carboxylic acids is 1. The van der Waals surface area contributed by atoms with E-state index < -0.39 is 10.0 Å². The van der Waals surface area contributed by atoms with Crippen LogP contribution in [-0.2, 0) is 14.8 Å². The number of sulfonamides is 1. The number of amides is 1. The summed E-state index contributed by atoms with van der Waals surface area (Å²) < 4.78 is 28.0. The van der Waals surface area contributed by atoms with Crippen molar-refractivity contribution in [2.75, 3.05) is 17.4 Å². The van der Waals surface area contributed by atoms with Crippen LogP contribution >= 0.6 is 11.6 Å². The van der Waals surface area contributed by atoms with Crippen LogP contribution in [-0.4, -0.2) is 27.4 Å². The molecule has 0 bridgehead atoms. The summed E-state index contributed by atoms with van der Waals surface area (Å²) in [6.45, 7) is 5.78. The highest BCUT2D eigenvalue weighted by Crippen LogP contribution is 2.28. The zero-order chi connectivity index (χ0) is 23.3. The predicted octanol–water partition coefficient (Wildman–Crippen LogP) is 5.07. The molecular formula is C25H27ClN2O3S. The number of nitrogens with one attached hydrogen (secondary N) is 1. The van der Waals surface area contributed by atoms with Crippen molar-refractivity contribution in [2.24, 2.45) is 0 Å². The fraction of sp³-hybridized carbons (Fsp3) is 0.240. The molecule has 168 valence electrons. The first kappa shape index (κ1) is 23.8. The summed E-state index contributed by atoms with van der Waals surface area (Å²) >= 11 is 6.26. The second-order valence-electron chi connectivity index (χ2n) is 7.87. The molecule has 5 nitrogen and oxygen atoms in total. The zero-order valence-corrected chi connectivity index (χ0v) is 20.0. The van der Waals surface area contributed by atoms with Gasteiger partial charge < -0.3 is 5.32 Å². The monoisotopic (exact) mass is 470 g/mol. The molecule has 0 aliphatic rings. The molecule has 0 aromatic heterocycles. The van der Waals surface area contributed by atoms with E-state index in [1.165, 1.54) is 0 Å². The summed E-state index contributed by atoms with van der Waals surface area (Å²) in [6.07, 6.45) is 0. The van der Waals surface area contributed by atoms with E-state index in [4.69, 9.17) is 11.6 Å². The number of nitrogens with zero attached hydrogens (tertiary/aromatic N) is 1. The molecular weight excluding hydrogens is 444 g/mol. The molecule has 0 fully saturated rings. The molecule has 32 heavy (non-hydrogen) atoms. The maximum absolute atomic E-state index is 13.4. The molecule has 7 heteroatoms. The van der Waals surface area contributed by atoms with Crippen molar-refractivity contribution < 1.29 is 13.2 Å². The first-order valence-electron chi connectivity index (χ1n) is 10.4. The highest BCUT2D eigenvalue weighted by atomic mass is 35.5. The number of carbonyl (C=O) groups is 1. The predicted molar refractivity (Wildman–Crippen MR) is 130 cm³/mol. The van der Waals surface area contributed by atoms with Crippen molar-refractivity contribution in [2.45, 2.75) is 31.6 Å². The Bertz CT molecular complexity index is 1180. The van der Waals surface area contributed by atoms with Crippen LogP contribution in [0.4, 0.5) is 5.69 Å². The smallest absolute Gasteiger partial charge is 0.264 e. The minimum atomic E-state index is -3.97. The number of hydrogen-bond acceptors (Lipinski definition) is 3. The number of hydrogen-bond donors (Lipinski definition) is 1. The first-order valence-corrected chi connectivity index (χ1v) is 12.2. The Kier molecular flexibility index (Phi) is 7.59. The molecule has 0 radical (unpaired) electrons. The van der Waals surface area contributed by atoms with Crippen LogP contribution in [0.3, 0.4) is 0 Å². The van der Waals surface area contributed by atoms with Gasteiger partial charge in [-0.15, -0.1) is 0 Å². The van der Waals surface area contributed by atoms with Gasteiger partial charge in [0.2, 0.25) is 5.91 Å². The van der Waals surface area contributed by atoms with Crippen molar-refractivity contribution in [3.63, 3.8) is 0 Å². The Morgan fingerprint density at radius 3 is 2.28 bits per heavy atom. The fourth-order valence-electron chi connectivity index (χ4n) is 3.24. The van der Waals surface area contributed by atoms with E-state index in [1.54, 1.807) is 42.5 Å². The first-order chi connectivity index (χ1) is 15.2. The van der Waals surface area contributed by atoms with Gasteiger partial charge in [0.05, 0.1) is 10.6 Å². The summed E-state index contributed by atoms with van der Waals surface area (Å²) in [7, 11) is -3.97. The van der Waals surface area contributed by atoms with Gasteiger partial charge in [-0.05, 0) is 55.2 Å². The Hall–Kier alpha value is -2.83. The number of anilines is 1. The molecule has 0 unspecified atom stereocenters. The molecule has 0 aliphatic heterocycles. The van der Waals surface area contributed by atoms with Crippen LogP contribution < -0.4 is 9.62 Å². The summed E-state index contributed by atoms with van der Waals surface area (Å²) in [4.78, 5) is 12.9. The van der Waals surface area contributed by atoms with Crippen molar-refractivity contribution in [3.8, 4) is 0 Å². The lowest BCUT2D eigenvalue weighted by molar-refractivity contribution is -0.119. The van der Waals surface area contributed by atoms with Gasteiger partial charge in [0.25, 0.3) is 10.0 Å². The minimum Gasteiger partial charge on any atom is -0.354 e. The molecule has 0 saturated carbocycles. The maximum Gasteiger partial charge on any atom is 0.264 e. The molecule has 0 saturated heterocycles. The Balaban J connectivity index is 1.84.